The molecule has 3 rings (SSSR count). The zero-order chi connectivity index (χ0) is 19.7. The Bertz CT molecular complexity index is 935. The average Bonchev–Trinajstić information content (AvgIpc) is 2.60. The highest BCUT2D eigenvalue weighted by molar-refractivity contribution is 7.89. The van der Waals surface area contributed by atoms with E-state index in [-0.39, 0.29) is 23.3 Å². The van der Waals surface area contributed by atoms with Gasteiger partial charge in [0, 0.05) is 14.1 Å². The van der Waals surface area contributed by atoms with E-state index in [0.29, 0.717) is 18.4 Å². The Morgan fingerprint density at radius 1 is 1.15 bits per heavy atom. The lowest BCUT2D eigenvalue weighted by Gasteiger charge is -2.39. The SMILES string of the molecule is CN(C)S(=O)(=O)c1cccc(COC(=O)C2(c3ccc(F)cc3)CCC2)c1. The van der Waals surface area contributed by atoms with Crippen LogP contribution < -0.4 is 0 Å². The summed E-state index contributed by atoms with van der Waals surface area (Å²) in [6, 6.07) is 12.3. The van der Waals surface area contributed by atoms with E-state index in [1.54, 1.807) is 24.3 Å². The second-order valence-electron chi connectivity index (χ2n) is 6.95. The van der Waals surface area contributed by atoms with Gasteiger partial charge >= 0.3 is 5.97 Å². The van der Waals surface area contributed by atoms with Crippen molar-refractivity contribution in [2.24, 2.45) is 0 Å². The molecular formula is C20H22FNO4S. The molecule has 1 aliphatic carbocycles. The quantitative estimate of drug-likeness (QED) is 0.709. The van der Waals surface area contributed by atoms with Crippen molar-refractivity contribution in [1.82, 2.24) is 4.31 Å². The molecule has 1 fully saturated rings. The highest BCUT2D eigenvalue weighted by Gasteiger charge is 2.47. The van der Waals surface area contributed by atoms with Crippen molar-refractivity contribution in [3.8, 4) is 0 Å². The molecule has 2 aromatic carbocycles. The van der Waals surface area contributed by atoms with Crippen LogP contribution in [0.4, 0.5) is 4.39 Å². The van der Waals surface area contributed by atoms with Crippen LogP contribution in [0.15, 0.2) is 53.4 Å². The minimum absolute atomic E-state index is 0.0153. The van der Waals surface area contributed by atoms with Crippen LogP contribution in [-0.4, -0.2) is 32.8 Å². The van der Waals surface area contributed by atoms with Crippen LogP contribution in [0.2, 0.25) is 0 Å². The van der Waals surface area contributed by atoms with Crippen LogP contribution in [-0.2, 0) is 31.6 Å². The summed E-state index contributed by atoms with van der Waals surface area (Å²) >= 11 is 0. The van der Waals surface area contributed by atoms with Gasteiger partial charge in [-0.05, 0) is 48.2 Å². The number of esters is 1. The molecule has 7 heteroatoms. The number of ether oxygens (including phenoxy) is 1. The summed E-state index contributed by atoms with van der Waals surface area (Å²) in [5, 5.41) is 0. The van der Waals surface area contributed by atoms with E-state index in [2.05, 4.69) is 0 Å². The molecule has 0 atom stereocenters. The summed E-state index contributed by atoms with van der Waals surface area (Å²) in [5.74, 6) is -0.707. The standard InChI is InChI=1S/C20H22FNO4S/c1-22(2)27(24,25)18-6-3-5-15(13-18)14-26-19(23)20(11-4-12-20)16-7-9-17(21)10-8-16/h3,5-10,13H,4,11-12,14H2,1-2H3. The first-order valence-corrected chi connectivity index (χ1v) is 10.1. The maximum Gasteiger partial charge on any atom is 0.316 e. The third kappa shape index (κ3) is 3.75. The topological polar surface area (TPSA) is 63.7 Å². The summed E-state index contributed by atoms with van der Waals surface area (Å²) in [7, 11) is -0.623. The van der Waals surface area contributed by atoms with Gasteiger partial charge in [-0.2, -0.15) is 0 Å². The van der Waals surface area contributed by atoms with Crippen LogP contribution in [0, 0.1) is 5.82 Å². The molecule has 0 N–H and O–H groups in total. The molecule has 1 saturated carbocycles. The Hall–Kier alpha value is -2.25. The molecule has 0 aromatic heterocycles. The van der Waals surface area contributed by atoms with Crippen molar-refractivity contribution in [2.45, 2.75) is 36.2 Å². The lowest BCUT2D eigenvalue weighted by Crippen LogP contribution is -2.43. The van der Waals surface area contributed by atoms with E-state index in [0.717, 1.165) is 16.3 Å². The predicted molar refractivity (Wildman–Crippen MR) is 99.0 cm³/mol. The fraction of sp³-hybridized carbons (Fsp3) is 0.350. The van der Waals surface area contributed by atoms with Gasteiger partial charge in [-0.15, -0.1) is 0 Å². The summed E-state index contributed by atoms with van der Waals surface area (Å²) in [4.78, 5) is 12.9. The summed E-state index contributed by atoms with van der Waals surface area (Å²) in [6.07, 6.45) is 2.22. The molecule has 0 bridgehead atoms. The van der Waals surface area contributed by atoms with Crippen LogP contribution in [0.1, 0.15) is 30.4 Å². The maximum atomic E-state index is 13.2. The number of carbonyl (C=O) groups excluding carboxylic acids is 1. The largest absolute Gasteiger partial charge is 0.460 e. The average molecular weight is 391 g/mol. The van der Waals surface area contributed by atoms with E-state index < -0.39 is 15.4 Å². The van der Waals surface area contributed by atoms with Gasteiger partial charge in [-0.3, -0.25) is 4.79 Å². The third-order valence-corrected chi connectivity index (χ3v) is 6.85. The van der Waals surface area contributed by atoms with Gasteiger partial charge in [-0.1, -0.05) is 30.7 Å². The number of halogens is 1. The zero-order valence-corrected chi connectivity index (χ0v) is 16.1. The summed E-state index contributed by atoms with van der Waals surface area (Å²) in [6.45, 7) is -0.0153. The molecule has 0 saturated heterocycles. The minimum Gasteiger partial charge on any atom is -0.460 e. The van der Waals surface area contributed by atoms with E-state index in [4.69, 9.17) is 4.74 Å². The van der Waals surface area contributed by atoms with E-state index >= 15 is 0 Å². The number of benzene rings is 2. The fourth-order valence-electron chi connectivity index (χ4n) is 3.20. The van der Waals surface area contributed by atoms with Crippen LogP contribution in [0.3, 0.4) is 0 Å². The third-order valence-electron chi connectivity index (χ3n) is 5.04. The maximum absolute atomic E-state index is 13.2. The van der Waals surface area contributed by atoms with Gasteiger partial charge in [0.2, 0.25) is 10.0 Å². The van der Waals surface area contributed by atoms with E-state index in [1.165, 1.54) is 38.4 Å². The molecule has 0 radical (unpaired) electrons. The van der Waals surface area contributed by atoms with Crippen LogP contribution >= 0.6 is 0 Å². The first-order chi connectivity index (χ1) is 12.8. The van der Waals surface area contributed by atoms with Crippen molar-refractivity contribution in [2.75, 3.05) is 14.1 Å². The molecule has 0 amide bonds. The van der Waals surface area contributed by atoms with Gasteiger partial charge in [0.1, 0.15) is 12.4 Å². The normalized spacial score (nSPS) is 16.0. The minimum atomic E-state index is -3.55. The number of rotatable bonds is 6. The first kappa shape index (κ1) is 19.5. The molecule has 5 nitrogen and oxygen atoms in total. The first-order valence-electron chi connectivity index (χ1n) is 8.70. The second-order valence-corrected chi connectivity index (χ2v) is 9.11. The smallest absolute Gasteiger partial charge is 0.316 e. The Morgan fingerprint density at radius 3 is 2.37 bits per heavy atom. The Labute approximate surface area is 158 Å². The number of nitrogens with zero attached hydrogens (tertiary/aromatic N) is 1. The van der Waals surface area contributed by atoms with E-state index in [1.807, 2.05) is 0 Å². The van der Waals surface area contributed by atoms with Crippen LogP contribution in [0.25, 0.3) is 0 Å². The highest BCUT2D eigenvalue weighted by Crippen LogP contribution is 2.45. The molecule has 0 unspecified atom stereocenters. The van der Waals surface area contributed by atoms with Crippen molar-refractivity contribution in [1.29, 1.82) is 0 Å². The lowest BCUT2D eigenvalue weighted by molar-refractivity contribution is -0.155. The molecule has 0 spiro atoms. The van der Waals surface area contributed by atoms with Crippen LogP contribution in [0.5, 0.6) is 0 Å². The summed E-state index contributed by atoms with van der Waals surface area (Å²) < 4.78 is 44.3. The Balaban J connectivity index is 1.75. The molecule has 0 heterocycles. The predicted octanol–water partition coefficient (Wildman–Crippen LogP) is 3.24. The van der Waals surface area contributed by atoms with Crippen molar-refractivity contribution in [3.05, 3.63) is 65.5 Å². The van der Waals surface area contributed by atoms with Gasteiger partial charge < -0.3 is 4.74 Å². The Morgan fingerprint density at radius 2 is 1.81 bits per heavy atom. The monoisotopic (exact) mass is 391 g/mol. The Kier molecular flexibility index (Phi) is 5.35. The molecule has 27 heavy (non-hydrogen) atoms. The molecular weight excluding hydrogens is 369 g/mol. The number of sulfonamides is 1. The van der Waals surface area contributed by atoms with Gasteiger partial charge in [0.15, 0.2) is 0 Å². The summed E-state index contributed by atoms with van der Waals surface area (Å²) in [5.41, 5.74) is 0.616. The molecule has 0 aliphatic heterocycles. The highest BCUT2D eigenvalue weighted by atomic mass is 32.2. The molecule has 1 aliphatic rings. The van der Waals surface area contributed by atoms with Gasteiger partial charge in [0.25, 0.3) is 0 Å². The second kappa shape index (κ2) is 7.40. The van der Waals surface area contributed by atoms with E-state index in [9.17, 15) is 17.6 Å². The number of hydrogen-bond donors (Lipinski definition) is 0. The molecule has 2 aromatic rings. The number of carbonyl (C=O) groups is 1. The fourth-order valence-corrected chi connectivity index (χ4v) is 4.18. The lowest BCUT2D eigenvalue weighted by atomic mass is 9.64. The van der Waals surface area contributed by atoms with Crippen molar-refractivity contribution in [3.63, 3.8) is 0 Å². The van der Waals surface area contributed by atoms with Crippen molar-refractivity contribution < 1.29 is 22.3 Å². The van der Waals surface area contributed by atoms with Gasteiger partial charge in [0.05, 0.1) is 10.3 Å². The van der Waals surface area contributed by atoms with Gasteiger partial charge in [-0.25, -0.2) is 17.1 Å². The molecule has 144 valence electrons. The number of hydrogen-bond acceptors (Lipinski definition) is 4. The zero-order valence-electron chi connectivity index (χ0n) is 15.3. The van der Waals surface area contributed by atoms with Crippen molar-refractivity contribution >= 4 is 16.0 Å².